The molecule has 1 aliphatic rings. The quantitative estimate of drug-likeness (QED) is 0.520. The molecule has 0 saturated carbocycles. The fraction of sp³-hybridized carbons (Fsp3) is 0.400. The van der Waals surface area contributed by atoms with Crippen LogP contribution in [-0.2, 0) is 0 Å². The average molecular weight is 145 g/mol. The second kappa shape index (κ2) is 2.62. The molecule has 0 fully saturated rings. The van der Waals surface area contributed by atoms with Gasteiger partial charge in [0.15, 0.2) is 0 Å². The van der Waals surface area contributed by atoms with Gasteiger partial charge in [-0.15, -0.1) is 0 Å². The summed E-state index contributed by atoms with van der Waals surface area (Å²) in [5, 5.41) is 1.95. The van der Waals surface area contributed by atoms with Gasteiger partial charge in [-0.25, -0.2) is 0 Å². The molecule has 0 aromatic heterocycles. The Bertz CT molecular complexity index is 130. The second-order valence-electron chi connectivity index (χ2n) is 1.69. The largest absolute Gasteiger partial charge is 0.324 e. The van der Waals surface area contributed by atoms with Crippen molar-refractivity contribution in [3.8, 4) is 0 Å². The van der Waals surface area contributed by atoms with E-state index in [0.717, 1.165) is 10.6 Å². The standard InChI is InChI=1S/C5H7NS2/c6-4-1-2-8-5(7)3-4/h1-2,4H,3,6H2. The lowest BCUT2D eigenvalue weighted by molar-refractivity contribution is 0.871. The maximum absolute atomic E-state index is 5.54. The Balaban J connectivity index is 2.54. The molecule has 1 aliphatic heterocycles. The normalized spacial score (nSPS) is 28.6. The van der Waals surface area contributed by atoms with E-state index in [1.54, 1.807) is 11.8 Å². The molecule has 0 aromatic rings. The molecule has 0 spiro atoms. The lowest BCUT2D eigenvalue weighted by Gasteiger charge is -2.09. The lowest BCUT2D eigenvalue weighted by atomic mass is 10.2. The molecule has 1 heterocycles. The minimum absolute atomic E-state index is 0.170. The van der Waals surface area contributed by atoms with E-state index in [1.807, 2.05) is 11.5 Å². The third-order valence-corrected chi connectivity index (χ3v) is 2.11. The fourth-order valence-electron chi connectivity index (χ4n) is 0.525. The minimum Gasteiger partial charge on any atom is -0.324 e. The molecule has 0 saturated heterocycles. The van der Waals surface area contributed by atoms with E-state index in [4.69, 9.17) is 18.0 Å². The molecular weight excluding hydrogens is 138 g/mol. The molecule has 1 nitrogen and oxygen atoms in total. The molecule has 0 radical (unpaired) electrons. The van der Waals surface area contributed by atoms with Gasteiger partial charge >= 0.3 is 0 Å². The van der Waals surface area contributed by atoms with E-state index in [2.05, 4.69) is 0 Å². The predicted octanol–water partition coefficient (Wildman–Crippen LogP) is 1.29. The molecule has 1 atom stereocenters. The van der Waals surface area contributed by atoms with Crippen molar-refractivity contribution in [3.05, 3.63) is 11.5 Å². The Kier molecular flexibility index (Phi) is 2.05. The van der Waals surface area contributed by atoms with Crippen LogP contribution in [0.15, 0.2) is 11.5 Å². The third kappa shape index (κ3) is 1.58. The van der Waals surface area contributed by atoms with Crippen LogP contribution in [-0.4, -0.2) is 10.2 Å². The van der Waals surface area contributed by atoms with Crippen molar-refractivity contribution in [1.29, 1.82) is 0 Å². The summed E-state index contributed by atoms with van der Waals surface area (Å²) in [6.07, 6.45) is 2.83. The van der Waals surface area contributed by atoms with Gasteiger partial charge in [0.2, 0.25) is 0 Å². The van der Waals surface area contributed by atoms with Crippen LogP contribution >= 0.6 is 24.0 Å². The smallest absolute Gasteiger partial charge is 0.0539 e. The molecule has 1 unspecified atom stereocenters. The van der Waals surface area contributed by atoms with Gasteiger partial charge in [-0.3, -0.25) is 0 Å². The first kappa shape index (κ1) is 6.26. The van der Waals surface area contributed by atoms with Crippen LogP contribution in [0, 0.1) is 0 Å². The predicted molar refractivity (Wildman–Crippen MR) is 41.9 cm³/mol. The van der Waals surface area contributed by atoms with Crippen LogP contribution in [0.1, 0.15) is 6.42 Å². The number of rotatable bonds is 0. The van der Waals surface area contributed by atoms with Gasteiger partial charge in [0.05, 0.1) is 4.20 Å². The molecule has 0 aromatic carbocycles. The monoisotopic (exact) mass is 145 g/mol. The number of thioether (sulfide) groups is 1. The van der Waals surface area contributed by atoms with Crippen molar-refractivity contribution in [2.24, 2.45) is 5.73 Å². The highest BCUT2D eigenvalue weighted by Crippen LogP contribution is 2.16. The Hall–Kier alpha value is 0.140. The molecular formula is C5H7NS2. The maximum atomic E-state index is 5.54. The van der Waals surface area contributed by atoms with E-state index in [9.17, 15) is 0 Å². The Morgan fingerprint density at radius 1 is 1.88 bits per heavy atom. The van der Waals surface area contributed by atoms with Crippen molar-refractivity contribution in [2.75, 3.05) is 0 Å². The average Bonchev–Trinajstić information content (AvgIpc) is 1.64. The van der Waals surface area contributed by atoms with Gasteiger partial charge in [-0.1, -0.05) is 30.1 Å². The van der Waals surface area contributed by atoms with Crippen molar-refractivity contribution in [1.82, 2.24) is 0 Å². The summed E-state index contributed by atoms with van der Waals surface area (Å²) in [5.41, 5.74) is 5.54. The number of hydrogen-bond donors (Lipinski definition) is 1. The lowest BCUT2D eigenvalue weighted by Crippen LogP contribution is -2.20. The van der Waals surface area contributed by atoms with E-state index in [-0.39, 0.29) is 6.04 Å². The van der Waals surface area contributed by atoms with Crippen LogP contribution in [0.2, 0.25) is 0 Å². The Morgan fingerprint density at radius 2 is 2.62 bits per heavy atom. The third-order valence-electron chi connectivity index (χ3n) is 0.928. The highest BCUT2D eigenvalue weighted by molar-refractivity contribution is 8.25. The first-order chi connectivity index (χ1) is 3.79. The number of hydrogen-bond acceptors (Lipinski definition) is 3. The van der Waals surface area contributed by atoms with Gasteiger partial charge in [-0.2, -0.15) is 0 Å². The molecule has 2 N–H and O–H groups in total. The van der Waals surface area contributed by atoms with E-state index in [0.29, 0.717) is 0 Å². The molecule has 0 aliphatic carbocycles. The molecule has 0 amide bonds. The van der Waals surface area contributed by atoms with Crippen LogP contribution in [0.25, 0.3) is 0 Å². The zero-order valence-corrected chi connectivity index (χ0v) is 5.97. The summed E-state index contributed by atoms with van der Waals surface area (Å²) in [4.78, 5) is 0. The Morgan fingerprint density at radius 3 is 3.00 bits per heavy atom. The first-order valence-electron chi connectivity index (χ1n) is 2.41. The van der Waals surface area contributed by atoms with Crippen molar-refractivity contribution < 1.29 is 0 Å². The van der Waals surface area contributed by atoms with Gasteiger partial charge in [0.25, 0.3) is 0 Å². The molecule has 3 heteroatoms. The topological polar surface area (TPSA) is 26.0 Å². The van der Waals surface area contributed by atoms with Gasteiger partial charge in [-0.05, 0) is 5.41 Å². The van der Waals surface area contributed by atoms with Crippen LogP contribution in [0.4, 0.5) is 0 Å². The highest BCUT2D eigenvalue weighted by atomic mass is 32.2. The maximum Gasteiger partial charge on any atom is 0.0539 e. The molecule has 8 heavy (non-hydrogen) atoms. The molecule has 0 bridgehead atoms. The SMILES string of the molecule is NC1C=CSC(=S)C1. The number of thiocarbonyl (C=S) groups is 1. The van der Waals surface area contributed by atoms with E-state index in [1.165, 1.54) is 0 Å². The summed E-state index contributed by atoms with van der Waals surface area (Å²) >= 11 is 6.51. The minimum atomic E-state index is 0.170. The first-order valence-corrected chi connectivity index (χ1v) is 3.69. The van der Waals surface area contributed by atoms with Crippen LogP contribution in [0.3, 0.4) is 0 Å². The summed E-state index contributed by atoms with van der Waals surface area (Å²) < 4.78 is 1.00. The van der Waals surface area contributed by atoms with Gasteiger partial charge in [0, 0.05) is 12.5 Å². The van der Waals surface area contributed by atoms with Crippen molar-refractivity contribution in [3.63, 3.8) is 0 Å². The Labute approximate surface area is 58.3 Å². The summed E-state index contributed by atoms with van der Waals surface area (Å²) in [5.74, 6) is 0. The molecule has 1 rings (SSSR count). The summed E-state index contributed by atoms with van der Waals surface area (Å²) in [6, 6.07) is 0.170. The highest BCUT2D eigenvalue weighted by Gasteiger charge is 2.06. The van der Waals surface area contributed by atoms with Crippen molar-refractivity contribution >= 4 is 28.2 Å². The zero-order chi connectivity index (χ0) is 5.98. The zero-order valence-electron chi connectivity index (χ0n) is 4.33. The van der Waals surface area contributed by atoms with Crippen LogP contribution < -0.4 is 5.73 Å². The van der Waals surface area contributed by atoms with Gasteiger partial charge < -0.3 is 5.73 Å². The second-order valence-corrected chi connectivity index (χ2v) is 3.44. The molecule has 44 valence electrons. The summed E-state index contributed by atoms with van der Waals surface area (Å²) in [7, 11) is 0. The van der Waals surface area contributed by atoms with E-state index >= 15 is 0 Å². The van der Waals surface area contributed by atoms with Gasteiger partial charge in [0.1, 0.15) is 0 Å². The van der Waals surface area contributed by atoms with Crippen LogP contribution in [0.5, 0.6) is 0 Å². The summed E-state index contributed by atoms with van der Waals surface area (Å²) in [6.45, 7) is 0. The fourth-order valence-corrected chi connectivity index (χ4v) is 1.60. The van der Waals surface area contributed by atoms with E-state index < -0.39 is 0 Å². The number of nitrogens with two attached hydrogens (primary N) is 1. The van der Waals surface area contributed by atoms with Crippen molar-refractivity contribution in [2.45, 2.75) is 12.5 Å².